The molecule has 0 aliphatic carbocycles. The van der Waals surface area contributed by atoms with Crippen LogP contribution in [0.4, 0.5) is 0 Å². The van der Waals surface area contributed by atoms with Crippen molar-refractivity contribution < 1.29 is 9.59 Å². The molecule has 0 bridgehead atoms. The van der Waals surface area contributed by atoms with Gasteiger partial charge in [0, 0.05) is 7.05 Å². The molecule has 0 aromatic heterocycles. The van der Waals surface area contributed by atoms with Crippen LogP contribution in [0.15, 0.2) is 0 Å². The minimum Gasteiger partial charge on any atom is -0.357 e. The third kappa shape index (κ3) is 3.89. The van der Waals surface area contributed by atoms with E-state index in [1.54, 1.807) is 6.92 Å². The third-order valence-corrected chi connectivity index (χ3v) is 1.78. The first kappa shape index (κ1) is 11.9. The van der Waals surface area contributed by atoms with Gasteiger partial charge >= 0.3 is 0 Å². The molecule has 0 radical (unpaired) electrons. The van der Waals surface area contributed by atoms with Crippen molar-refractivity contribution in [3.05, 3.63) is 0 Å². The van der Waals surface area contributed by atoms with Gasteiger partial charge in [0.2, 0.25) is 11.8 Å². The molecule has 0 aromatic rings. The Balaban J connectivity index is 3.98. The fourth-order valence-corrected chi connectivity index (χ4v) is 0.788. The summed E-state index contributed by atoms with van der Waals surface area (Å²) < 4.78 is 0. The highest BCUT2D eigenvalue weighted by Crippen LogP contribution is 1.88. The molecule has 76 valence electrons. The van der Waals surface area contributed by atoms with Gasteiger partial charge in [0.25, 0.3) is 0 Å². The van der Waals surface area contributed by atoms with Crippen LogP contribution in [0, 0.1) is 0 Å². The maximum absolute atomic E-state index is 11.2. The maximum Gasteiger partial charge on any atom is 0.242 e. The first-order valence-electron chi connectivity index (χ1n) is 4.30. The summed E-state index contributed by atoms with van der Waals surface area (Å²) in [6.45, 7) is 3.42. The van der Waals surface area contributed by atoms with Crippen LogP contribution in [0.5, 0.6) is 0 Å². The number of carbonyl (C=O) groups excluding carboxylic acids is 2. The predicted octanol–water partition coefficient (Wildman–Crippen LogP) is -1.03. The van der Waals surface area contributed by atoms with Crippen LogP contribution in [0.1, 0.15) is 20.3 Å². The largest absolute Gasteiger partial charge is 0.357 e. The summed E-state index contributed by atoms with van der Waals surface area (Å²) in [7, 11) is 1.52. The molecule has 0 saturated heterocycles. The lowest BCUT2D eigenvalue weighted by Gasteiger charge is -2.14. The summed E-state index contributed by atoms with van der Waals surface area (Å²) in [5, 5.41) is 4.94. The van der Waals surface area contributed by atoms with Crippen molar-refractivity contribution in [2.45, 2.75) is 32.4 Å². The highest BCUT2D eigenvalue weighted by Gasteiger charge is 2.17. The van der Waals surface area contributed by atoms with Crippen LogP contribution < -0.4 is 16.4 Å². The van der Waals surface area contributed by atoms with Gasteiger partial charge in [-0.05, 0) is 13.3 Å². The van der Waals surface area contributed by atoms with E-state index in [0.29, 0.717) is 6.42 Å². The van der Waals surface area contributed by atoms with Gasteiger partial charge in [0.05, 0.1) is 6.04 Å². The van der Waals surface area contributed by atoms with Crippen LogP contribution >= 0.6 is 0 Å². The first-order valence-corrected chi connectivity index (χ1v) is 4.30. The lowest BCUT2D eigenvalue weighted by Crippen LogP contribution is -2.49. The van der Waals surface area contributed by atoms with E-state index in [0.717, 1.165) is 0 Å². The Labute approximate surface area is 78.1 Å². The topological polar surface area (TPSA) is 84.2 Å². The zero-order valence-electron chi connectivity index (χ0n) is 8.26. The Hall–Kier alpha value is -1.10. The van der Waals surface area contributed by atoms with Crippen molar-refractivity contribution in [3.63, 3.8) is 0 Å². The molecule has 2 unspecified atom stereocenters. The second-order valence-electron chi connectivity index (χ2n) is 2.86. The van der Waals surface area contributed by atoms with Crippen LogP contribution in [0.2, 0.25) is 0 Å². The highest BCUT2D eigenvalue weighted by atomic mass is 16.2. The number of nitrogens with two attached hydrogens (primary N) is 1. The van der Waals surface area contributed by atoms with E-state index >= 15 is 0 Å². The average molecular weight is 187 g/mol. The second kappa shape index (κ2) is 5.53. The molecule has 5 heteroatoms. The third-order valence-electron chi connectivity index (χ3n) is 1.78. The number of likely N-dealkylation sites (N-methyl/N-ethyl adjacent to an activating group) is 1. The van der Waals surface area contributed by atoms with Crippen molar-refractivity contribution in [1.29, 1.82) is 0 Å². The highest BCUT2D eigenvalue weighted by molar-refractivity contribution is 5.89. The molecule has 13 heavy (non-hydrogen) atoms. The number of amides is 2. The Bertz CT molecular complexity index is 194. The minimum absolute atomic E-state index is 0.225. The maximum atomic E-state index is 11.2. The van der Waals surface area contributed by atoms with E-state index in [9.17, 15) is 9.59 Å². The molecule has 0 spiro atoms. The predicted molar refractivity (Wildman–Crippen MR) is 49.9 cm³/mol. The van der Waals surface area contributed by atoms with E-state index in [-0.39, 0.29) is 11.8 Å². The van der Waals surface area contributed by atoms with Crippen molar-refractivity contribution >= 4 is 11.8 Å². The molecule has 0 aliphatic rings. The smallest absolute Gasteiger partial charge is 0.242 e. The zero-order valence-corrected chi connectivity index (χ0v) is 8.26. The quantitative estimate of drug-likeness (QED) is 0.526. The SMILES string of the molecule is CCC(N)C(=O)NC(C)C(=O)NC. The average Bonchev–Trinajstić information content (AvgIpc) is 2.14. The standard InChI is InChI=1S/C8H17N3O2/c1-4-6(9)8(13)11-5(2)7(12)10-3/h5-6H,4,9H2,1-3H3,(H,10,12)(H,11,13). The molecule has 0 aliphatic heterocycles. The lowest BCUT2D eigenvalue weighted by molar-refractivity contribution is -0.129. The summed E-state index contributed by atoms with van der Waals surface area (Å²) in [6, 6.07) is -1.07. The number of hydrogen-bond acceptors (Lipinski definition) is 3. The fraction of sp³-hybridized carbons (Fsp3) is 0.750. The van der Waals surface area contributed by atoms with Crippen LogP contribution in [-0.4, -0.2) is 30.9 Å². The van der Waals surface area contributed by atoms with Crippen LogP contribution in [0.25, 0.3) is 0 Å². The summed E-state index contributed by atoms with van der Waals surface area (Å²) in [6.07, 6.45) is 0.562. The summed E-state index contributed by atoms with van der Waals surface area (Å²) in [5.41, 5.74) is 5.46. The van der Waals surface area contributed by atoms with E-state index in [1.165, 1.54) is 7.05 Å². The molecule has 0 saturated carbocycles. The van der Waals surface area contributed by atoms with Gasteiger partial charge in [-0.15, -0.1) is 0 Å². The van der Waals surface area contributed by atoms with Gasteiger partial charge in [-0.1, -0.05) is 6.92 Å². The van der Waals surface area contributed by atoms with Crippen molar-refractivity contribution in [3.8, 4) is 0 Å². The van der Waals surface area contributed by atoms with Gasteiger partial charge in [-0.25, -0.2) is 0 Å². The fourth-order valence-electron chi connectivity index (χ4n) is 0.788. The summed E-state index contributed by atoms with van der Waals surface area (Å²) in [4.78, 5) is 22.2. The Morgan fingerprint density at radius 1 is 1.38 bits per heavy atom. The molecule has 4 N–H and O–H groups in total. The van der Waals surface area contributed by atoms with E-state index in [4.69, 9.17) is 5.73 Å². The van der Waals surface area contributed by atoms with E-state index in [1.807, 2.05) is 6.92 Å². The number of nitrogens with one attached hydrogen (secondary N) is 2. The molecule has 2 amide bonds. The monoisotopic (exact) mass is 187 g/mol. The second-order valence-corrected chi connectivity index (χ2v) is 2.86. The zero-order chi connectivity index (χ0) is 10.4. The van der Waals surface area contributed by atoms with E-state index in [2.05, 4.69) is 10.6 Å². The summed E-state index contributed by atoms with van der Waals surface area (Å²) >= 11 is 0. The number of carbonyl (C=O) groups is 2. The Morgan fingerprint density at radius 2 is 1.92 bits per heavy atom. The van der Waals surface area contributed by atoms with Crippen molar-refractivity contribution in [2.24, 2.45) is 5.73 Å². The van der Waals surface area contributed by atoms with Gasteiger partial charge in [-0.3, -0.25) is 9.59 Å². The summed E-state index contributed by atoms with van der Waals surface area (Å²) in [5.74, 6) is -0.518. The molecule has 0 fully saturated rings. The molecule has 0 aromatic carbocycles. The molecular weight excluding hydrogens is 170 g/mol. The molecule has 0 rings (SSSR count). The van der Waals surface area contributed by atoms with Gasteiger partial charge in [-0.2, -0.15) is 0 Å². The van der Waals surface area contributed by atoms with Gasteiger partial charge in [0.1, 0.15) is 6.04 Å². The Kier molecular flexibility index (Phi) is 5.06. The molecule has 5 nitrogen and oxygen atoms in total. The first-order chi connectivity index (χ1) is 6.02. The molecule has 0 heterocycles. The molecular formula is C8H17N3O2. The molecule has 2 atom stereocenters. The van der Waals surface area contributed by atoms with Crippen molar-refractivity contribution in [2.75, 3.05) is 7.05 Å². The van der Waals surface area contributed by atoms with E-state index < -0.39 is 12.1 Å². The van der Waals surface area contributed by atoms with Crippen LogP contribution in [-0.2, 0) is 9.59 Å². The van der Waals surface area contributed by atoms with Gasteiger partial charge in [0.15, 0.2) is 0 Å². The minimum atomic E-state index is -0.535. The van der Waals surface area contributed by atoms with Crippen molar-refractivity contribution in [1.82, 2.24) is 10.6 Å². The van der Waals surface area contributed by atoms with Gasteiger partial charge < -0.3 is 16.4 Å². The Morgan fingerprint density at radius 3 is 2.31 bits per heavy atom. The van der Waals surface area contributed by atoms with Crippen LogP contribution in [0.3, 0.4) is 0 Å². The number of rotatable bonds is 4. The number of hydrogen-bond donors (Lipinski definition) is 3. The normalized spacial score (nSPS) is 14.5. The lowest BCUT2D eigenvalue weighted by atomic mass is 10.2.